The fourth-order valence-corrected chi connectivity index (χ4v) is 4.08. The van der Waals surface area contributed by atoms with E-state index in [2.05, 4.69) is 20.1 Å². The molecule has 3 rings (SSSR count). The second-order valence-electron chi connectivity index (χ2n) is 7.55. The Morgan fingerprint density at radius 3 is 2.56 bits per heavy atom. The molecule has 3 heterocycles. The molecule has 7 nitrogen and oxygen atoms in total. The van der Waals surface area contributed by atoms with E-state index < -0.39 is 0 Å². The first-order valence-corrected chi connectivity index (χ1v) is 9.64. The van der Waals surface area contributed by atoms with Gasteiger partial charge in [-0.1, -0.05) is 12.8 Å². The number of hydrogen-bond donors (Lipinski definition) is 2. The number of aryl methyl sites for hydroxylation is 2. The predicted molar refractivity (Wildman–Crippen MR) is 95.0 cm³/mol. The zero-order valence-corrected chi connectivity index (χ0v) is 15.3. The fraction of sp³-hybridized carbons (Fsp3) is 0.833. The number of rotatable bonds is 6. The third kappa shape index (κ3) is 5.01. The van der Waals surface area contributed by atoms with Crippen LogP contribution in [0, 0.1) is 18.8 Å². The van der Waals surface area contributed by atoms with E-state index in [1.54, 1.807) is 0 Å². The third-order valence-electron chi connectivity index (χ3n) is 5.56. The van der Waals surface area contributed by atoms with Gasteiger partial charge in [-0.2, -0.15) is 5.10 Å². The fourth-order valence-electron chi connectivity index (χ4n) is 4.08. The third-order valence-corrected chi connectivity index (χ3v) is 5.56. The van der Waals surface area contributed by atoms with Crippen LogP contribution in [0.1, 0.15) is 43.8 Å². The van der Waals surface area contributed by atoms with Crippen LogP contribution in [0.5, 0.6) is 0 Å². The quantitative estimate of drug-likeness (QED) is 0.800. The summed E-state index contributed by atoms with van der Waals surface area (Å²) in [5.41, 5.74) is 0. The summed E-state index contributed by atoms with van der Waals surface area (Å²) in [5, 5.41) is 16.7. The summed E-state index contributed by atoms with van der Waals surface area (Å²) >= 11 is 0. The number of aromatic amines is 1. The number of H-pyrrole nitrogens is 1. The van der Waals surface area contributed by atoms with Crippen molar-refractivity contribution in [3.8, 4) is 0 Å². The highest BCUT2D eigenvalue weighted by molar-refractivity contribution is 5.76. The Hall–Kier alpha value is -1.47. The van der Waals surface area contributed by atoms with Gasteiger partial charge in [-0.15, -0.1) is 0 Å². The van der Waals surface area contributed by atoms with Crippen molar-refractivity contribution in [3.05, 3.63) is 11.6 Å². The molecule has 1 amide bonds. The molecule has 140 valence electrons. The van der Waals surface area contributed by atoms with Crippen molar-refractivity contribution >= 4 is 5.91 Å². The van der Waals surface area contributed by atoms with Gasteiger partial charge >= 0.3 is 0 Å². The zero-order chi connectivity index (χ0) is 17.6. The topological polar surface area (TPSA) is 85.3 Å². The lowest BCUT2D eigenvalue weighted by molar-refractivity contribution is -0.130. The monoisotopic (exact) mass is 349 g/mol. The van der Waals surface area contributed by atoms with Crippen molar-refractivity contribution in [1.29, 1.82) is 0 Å². The van der Waals surface area contributed by atoms with Crippen molar-refractivity contribution in [2.24, 2.45) is 11.8 Å². The SMILES string of the molecule is Cc1nc(CCC(=O)N2C[C@@H](CN3CCCCCC3)[C@@H](CO)C2)n[nH]1. The number of likely N-dealkylation sites (tertiary alicyclic amines) is 2. The van der Waals surface area contributed by atoms with Crippen LogP contribution in [0.4, 0.5) is 0 Å². The minimum Gasteiger partial charge on any atom is -0.396 e. The Bertz CT molecular complexity index is 553. The highest BCUT2D eigenvalue weighted by Gasteiger charge is 2.35. The maximum Gasteiger partial charge on any atom is 0.223 e. The first-order chi connectivity index (χ1) is 12.2. The molecular formula is C18H31N5O2. The molecule has 2 fully saturated rings. The van der Waals surface area contributed by atoms with Crippen molar-refractivity contribution < 1.29 is 9.90 Å². The molecule has 2 aliphatic rings. The highest BCUT2D eigenvalue weighted by atomic mass is 16.3. The lowest BCUT2D eigenvalue weighted by Gasteiger charge is -2.26. The number of carbonyl (C=O) groups excluding carboxylic acids is 1. The lowest BCUT2D eigenvalue weighted by atomic mass is 9.96. The molecule has 25 heavy (non-hydrogen) atoms. The largest absolute Gasteiger partial charge is 0.396 e. The average Bonchev–Trinajstić information content (AvgIpc) is 3.11. The molecule has 2 saturated heterocycles. The summed E-state index contributed by atoms with van der Waals surface area (Å²) < 4.78 is 0. The van der Waals surface area contributed by atoms with E-state index in [-0.39, 0.29) is 18.4 Å². The number of carbonyl (C=O) groups is 1. The molecule has 2 atom stereocenters. The van der Waals surface area contributed by atoms with Gasteiger partial charge in [0.05, 0.1) is 0 Å². The Balaban J connectivity index is 1.50. The number of nitrogens with one attached hydrogen (secondary N) is 1. The van der Waals surface area contributed by atoms with E-state index in [1.807, 2.05) is 11.8 Å². The van der Waals surface area contributed by atoms with Crippen molar-refractivity contribution in [2.45, 2.75) is 45.4 Å². The minimum atomic E-state index is 0.152. The summed E-state index contributed by atoms with van der Waals surface area (Å²) in [6, 6.07) is 0. The molecule has 2 N–H and O–H groups in total. The molecule has 0 spiro atoms. The maximum atomic E-state index is 12.5. The lowest BCUT2D eigenvalue weighted by Crippen LogP contribution is -2.35. The van der Waals surface area contributed by atoms with E-state index in [1.165, 1.54) is 25.7 Å². The molecular weight excluding hydrogens is 318 g/mol. The molecule has 0 aliphatic carbocycles. The second kappa shape index (κ2) is 8.76. The van der Waals surface area contributed by atoms with Crippen molar-refractivity contribution in [3.63, 3.8) is 0 Å². The van der Waals surface area contributed by atoms with E-state index in [0.29, 0.717) is 31.1 Å². The van der Waals surface area contributed by atoms with Crippen LogP contribution < -0.4 is 0 Å². The van der Waals surface area contributed by atoms with E-state index >= 15 is 0 Å². The number of hydrogen-bond acceptors (Lipinski definition) is 5. The minimum absolute atomic E-state index is 0.152. The van der Waals surface area contributed by atoms with Crippen molar-refractivity contribution in [1.82, 2.24) is 25.0 Å². The Morgan fingerprint density at radius 2 is 1.92 bits per heavy atom. The molecule has 0 unspecified atom stereocenters. The van der Waals surface area contributed by atoms with Crippen LogP contribution in [-0.4, -0.2) is 75.3 Å². The molecule has 7 heteroatoms. The maximum absolute atomic E-state index is 12.5. The Morgan fingerprint density at radius 1 is 1.20 bits per heavy atom. The Labute approximate surface area is 149 Å². The molecule has 0 radical (unpaired) electrons. The molecule has 1 aromatic heterocycles. The number of aromatic nitrogens is 3. The summed E-state index contributed by atoms with van der Waals surface area (Å²) in [7, 11) is 0. The first-order valence-electron chi connectivity index (χ1n) is 9.64. The van der Waals surface area contributed by atoms with Crippen LogP contribution in [0.15, 0.2) is 0 Å². The highest BCUT2D eigenvalue weighted by Crippen LogP contribution is 2.26. The molecule has 0 aromatic carbocycles. The summed E-state index contributed by atoms with van der Waals surface area (Å²) in [5.74, 6) is 2.22. The number of aliphatic hydroxyl groups excluding tert-OH is 1. The van der Waals surface area contributed by atoms with Gasteiger partial charge in [0.2, 0.25) is 5.91 Å². The number of aliphatic hydroxyl groups is 1. The van der Waals surface area contributed by atoms with Gasteiger partial charge in [0.25, 0.3) is 0 Å². The van der Waals surface area contributed by atoms with E-state index in [4.69, 9.17) is 0 Å². The first kappa shape index (κ1) is 18.3. The summed E-state index contributed by atoms with van der Waals surface area (Å²) in [6.07, 6.45) is 6.21. The average molecular weight is 349 g/mol. The number of amides is 1. The van der Waals surface area contributed by atoms with Crippen LogP contribution in [0.2, 0.25) is 0 Å². The van der Waals surface area contributed by atoms with Crippen molar-refractivity contribution in [2.75, 3.05) is 39.3 Å². The molecule has 1 aromatic rings. The van der Waals surface area contributed by atoms with Gasteiger partial charge in [-0.3, -0.25) is 9.89 Å². The smallest absolute Gasteiger partial charge is 0.223 e. The normalized spacial score (nSPS) is 25.3. The van der Waals surface area contributed by atoms with E-state index in [9.17, 15) is 9.90 Å². The predicted octanol–water partition coefficient (Wildman–Crippen LogP) is 0.989. The van der Waals surface area contributed by atoms with Crippen LogP contribution >= 0.6 is 0 Å². The summed E-state index contributed by atoms with van der Waals surface area (Å²) in [6.45, 7) is 6.81. The Kier molecular flexibility index (Phi) is 6.42. The summed E-state index contributed by atoms with van der Waals surface area (Å²) in [4.78, 5) is 21.3. The van der Waals surface area contributed by atoms with Gasteiger partial charge in [-0.25, -0.2) is 4.98 Å². The number of nitrogens with zero attached hydrogens (tertiary/aromatic N) is 4. The molecule has 0 bridgehead atoms. The zero-order valence-electron chi connectivity index (χ0n) is 15.3. The standard InChI is InChI=1S/C18H31N5O2/c1-14-19-17(21-20-14)6-7-18(25)23-11-15(16(12-23)13-24)10-22-8-4-2-3-5-9-22/h15-16,24H,2-13H2,1H3,(H,19,20,21)/t15-,16-/m1/s1. The van der Waals surface area contributed by atoms with Gasteiger partial charge in [-0.05, 0) is 38.8 Å². The van der Waals surface area contributed by atoms with E-state index in [0.717, 1.165) is 32.0 Å². The van der Waals surface area contributed by atoms with Crippen LogP contribution in [0.25, 0.3) is 0 Å². The second-order valence-corrected chi connectivity index (χ2v) is 7.55. The van der Waals surface area contributed by atoms with Crippen LogP contribution in [-0.2, 0) is 11.2 Å². The van der Waals surface area contributed by atoms with Gasteiger partial charge < -0.3 is 14.9 Å². The van der Waals surface area contributed by atoms with Gasteiger partial charge in [0.15, 0.2) is 5.82 Å². The van der Waals surface area contributed by atoms with Crippen LogP contribution in [0.3, 0.4) is 0 Å². The van der Waals surface area contributed by atoms with Gasteiger partial charge in [0.1, 0.15) is 5.82 Å². The molecule has 0 saturated carbocycles. The van der Waals surface area contributed by atoms with Gasteiger partial charge in [0, 0.05) is 45.0 Å². The molecule has 2 aliphatic heterocycles.